The van der Waals surface area contributed by atoms with Crippen LogP contribution in [0.2, 0.25) is 0 Å². The van der Waals surface area contributed by atoms with Gasteiger partial charge < -0.3 is 4.74 Å². The molecule has 0 saturated carbocycles. The lowest BCUT2D eigenvalue weighted by Gasteiger charge is -2.32. The fourth-order valence-corrected chi connectivity index (χ4v) is 4.62. The molecule has 0 spiro atoms. The summed E-state index contributed by atoms with van der Waals surface area (Å²) in [6.07, 6.45) is -0.249. The Labute approximate surface area is 145 Å². The number of halogens is 1. The molecule has 3 rings (SSSR count). The lowest BCUT2D eigenvalue weighted by atomic mass is 10.1. The molecule has 1 saturated heterocycles. The van der Waals surface area contributed by atoms with Gasteiger partial charge in [0.15, 0.2) is 0 Å². The van der Waals surface area contributed by atoms with Crippen molar-refractivity contribution in [3.63, 3.8) is 0 Å². The second-order valence-corrected chi connectivity index (χ2v) is 8.45. The molecule has 1 unspecified atom stereocenters. The molecule has 6 heteroatoms. The summed E-state index contributed by atoms with van der Waals surface area (Å²) in [5.41, 5.74) is 1.91. The molecule has 4 nitrogen and oxygen atoms in total. The van der Waals surface area contributed by atoms with E-state index >= 15 is 0 Å². The van der Waals surface area contributed by atoms with E-state index < -0.39 is 10.0 Å². The van der Waals surface area contributed by atoms with Crippen molar-refractivity contribution in [2.24, 2.45) is 0 Å². The molecule has 0 N–H and O–H groups in total. The Hall–Kier alpha value is -1.21. The van der Waals surface area contributed by atoms with Crippen LogP contribution in [0.1, 0.15) is 17.2 Å². The van der Waals surface area contributed by atoms with Crippen LogP contribution in [0.3, 0.4) is 0 Å². The van der Waals surface area contributed by atoms with Crippen LogP contribution in [0, 0.1) is 6.92 Å². The van der Waals surface area contributed by atoms with Gasteiger partial charge in [0.1, 0.15) is 0 Å². The fraction of sp³-hybridized carbons (Fsp3) is 0.294. The normalized spacial score (nSPS) is 19.7. The van der Waals surface area contributed by atoms with Gasteiger partial charge in [0.25, 0.3) is 0 Å². The minimum Gasteiger partial charge on any atom is -0.371 e. The molecular weight excluding hydrogens is 378 g/mol. The van der Waals surface area contributed by atoms with Crippen molar-refractivity contribution in [1.29, 1.82) is 0 Å². The molecule has 23 heavy (non-hydrogen) atoms. The van der Waals surface area contributed by atoms with E-state index in [0.29, 0.717) is 24.6 Å². The van der Waals surface area contributed by atoms with Gasteiger partial charge in [-0.1, -0.05) is 40.2 Å². The Morgan fingerprint density at radius 2 is 1.96 bits per heavy atom. The van der Waals surface area contributed by atoms with Gasteiger partial charge in [0, 0.05) is 17.6 Å². The monoisotopic (exact) mass is 395 g/mol. The molecule has 1 aliphatic heterocycles. The van der Waals surface area contributed by atoms with Crippen LogP contribution in [0.25, 0.3) is 0 Å². The van der Waals surface area contributed by atoms with E-state index in [-0.39, 0.29) is 6.10 Å². The molecule has 0 radical (unpaired) electrons. The summed E-state index contributed by atoms with van der Waals surface area (Å²) < 4.78 is 33.9. The maximum absolute atomic E-state index is 12.8. The highest BCUT2D eigenvalue weighted by Crippen LogP contribution is 2.28. The molecule has 1 aliphatic rings. The van der Waals surface area contributed by atoms with Gasteiger partial charge in [-0.25, -0.2) is 8.42 Å². The Morgan fingerprint density at radius 3 is 2.70 bits per heavy atom. The number of aryl methyl sites for hydroxylation is 1. The third-order valence-corrected chi connectivity index (χ3v) is 6.23. The average Bonchev–Trinajstić information content (AvgIpc) is 2.55. The van der Waals surface area contributed by atoms with Crippen LogP contribution in [0.4, 0.5) is 0 Å². The fourth-order valence-electron chi connectivity index (χ4n) is 2.68. The molecule has 0 aromatic heterocycles. The standard InChI is InChI=1S/C17H18BrNO3S/c1-13-4-2-7-16(10-13)23(20,21)19-8-9-22-17(12-19)14-5-3-6-15(18)11-14/h2-7,10-11,17H,8-9,12H2,1H3. The van der Waals surface area contributed by atoms with Crippen molar-refractivity contribution < 1.29 is 13.2 Å². The Kier molecular flexibility index (Phi) is 4.87. The van der Waals surface area contributed by atoms with Crippen LogP contribution >= 0.6 is 15.9 Å². The second kappa shape index (κ2) is 6.73. The molecular formula is C17H18BrNO3S. The van der Waals surface area contributed by atoms with E-state index in [2.05, 4.69) is 15.9 Å². The van der Waals surface area contributed by atoms with Crippen LogP contribution < -0.4 is 0 Å². The number of benzene rings is 2. The minimum absolute atomic E-state index is 0.249. The molecule has 2 aromatic rings. The smallest absolute Gasteiger partial charge is 0.243 e. The molecule has 1 heterocycles. The van der Waals surface area contributed by atoms with Crippen molar-refractivity contribution >= 4 is 26.0 Å². The molecule has 1 atom stereocenters. The number of sulfonamides is 1. The summed E-state index contributed by atoms with van der Waals surface area (Å²) in [5, 5.41) is 0. The Bertz CT molecular complexity index is 807. The number of nitrogens with zero attached hydrogens (tertiary/aromatic N) is 1. The van der Waals surface area contributed by atoms with E-state index in [4.69, 9.17) is 4.74 Å². The van der Waals surface area contributed by atoms with Crippen molar-refractivity contribution in [3.8, 4) is 0 Å². The van der Waals surface area contributed by atoms with Gasteiger partial charge in [-0.2, -0.15) is 4.31 Å². The van der Waals surface area contributed by atoms with E-state index in [0.717, 1.165) is 15.6 Å². The van der Waals surface area contributed by atoms with E-state index in [9.17, 15) is 8.42 Å². The third-order valence-electron chi connectivity index (χ3n) is 3.88. The average molecular weight is 396 g/mol. The summed E-state index contributed by atoms with van der Waals surface area (Å²) in [6.45, 7) is 2.98. The molecule has 0 amide bonds. The Balaban J connectivity index is 1.86. The largest absolute Gasteiger partial charge is 0.371 e. The first-order valence-corrected chi connectivity index (χ1v) is 9.64. The van der Waals surface area contributed by atoms with Gasteiger partial charge >= 0.3 is 0 Å². The maximum atomic E-state index is 12.8. The zero-order chi connectivity index (χ0) is 16.4. The van der Waals surface area contributed by atoms with Crippen molar-refractivity contribution in [1.82, 2.24) is 4.31 Å². The number of ether oxygens (including phenoxy) is 1. The van der Waals surface area contributed by atoms with Gasteiger partial charge in [-0.05, 0) is 42.3 Å². The van der Waals surface area contributed by atoms with E-state index in [1.54, 1.807) is 18.2 Å². The van der Waals surface area contributed by atoms with Gasteiger partial charge in [-0.3, -0.25) is 0 Å². The zero-order valence-corrected chi connectivity index (χ0v) is 15.2. The van der Waals surface area contributed by atoms with Gasteiger partial charge in [0.2, 0.25) is 10.0 Å². The number of hydrogen-bond donors (Lipinski definition) is 0. The molecule has 2 aromatic carbocycles. The van der Waals surface area contributed by atoms with Crippen LogP contribution in [0.15, 0.2) is 57.9 Å². The number of hydrogen-bond acceptors (Lipinski definition) is 3. The zero-order valence-electron chi connectivity index (χ0n) is 12.8. The summed E-state index contributed by atoms with van der Waals surface area (Å²) >= 11 is 3.44. The lowest BCUT2D eigenvalue weighted by Crippen LogP contribution is -2.42. The Morgan fingerprint density at radius 1 is 1.17 bits per heavy atom. The SMILES string of the molecule is Cc1cccc(S(=O)(=O)N2CCOC(c3cccc(Br)c3)C2)c1. The van der Waals surface area contributed by atoms with Crippen molar-refractivity contribution in [2.45, 2.75) is 17.9 Å². The number of morpholine rings is 1. The van der Waals surface area contributed by atoms with Crippen LogP contribution in [0.5, 0.6) is 0 Å². The highest BCUT2D eigenvalue weighted by atomic mass is 79.9. The second-order valence-electron chi connectivity index (χ2n) is 5.59. The molecule has 1 fully saturated rings. The topological polar surface area (TPSA) is 46.6 Å². The van der Waals surface area contributed by atoms with E-state index in [1.165, 1.54) is 4.31 Å². The summed E-state index contributed by atoms with van der Waals surface area (Å²) in [5.74, 6) is 0. The summed E-state index contributed by atoms with van der Waals surface area (Å²) in [4.78, 5) is 0.340. The van der Waals surface area contributed by atoms with Crippen LogP contribution in [-0.4, -0.2) is 32.4 Å². The summed E-state index contributed by atoms with van der Waals surface area (Å²) in [6, 6.07) is 14.8. The maximum Gasteiger partial charge on any atom is 0.243 e. The van der Waals surface area contributed by atoms with Crippen LogP contribution in [-0.2, 0) is 14.8 Å². The van der Waals surface area contributed by atoms with Crippen molar-refractivity contribution in [3.05, 3.63) is 64.1 Å². The first kappa shape index (κ1) is 16.6. The predicted molar refractivity (Wildman–Crippen MR) is 92.8 cm³/mol. The first-order chi connectivity index (χ1) is 11.0. The van der Waals surface area contributed by atoms with Crippen molar-refractivity contribution in [2.75, 3.05) is 19.7 Å². The first-order valence-electron chi connectivity index (χ1n) is 7.41. The highest BCUT2D eigenvalue weighted by molar-refractivity contribution is 9.10. The van der Waals surface area contributed by atoms with Gasteiger partial charge in [-0.15, -0.1) is 0 Å². The molecule has 122 valence electrons. The molecule has 0 bridgehead atoms. The van der Waals surface area contributed by atoms with E-state index in [1.807, 2.05) is 37.3 Å². The number of rotatable bonds is 3. The summed E-state index contributed by atoms with van der Waals surface area (Å²) in [7, 11) is -3.49. The lowest BCUT2D eigenvalue weighted by molar-refractivity contribution is -0.00258. The third kappa shape index (κ3) is 3.66. The van der Waals surface area contributed by atoms with Gasteiger partial charge in [0.05, 0.1) is 17.6 Å². The minimum atomic E-state index is -3.49. The highest BCUT2D eigenvalue weighted by Gasteiger charge is 2.31. The quantitative estimate of drug-likeness (QED) is 0.798. The predicted octanol–water partition coefficient (Wildman–Crippen LogP) is 3.52. The molecule has 0 aliphatic carbocycles.